The summed E-state index contributed by atoms with van der Waals surface area (Å²) in [5.41, 5.74) is 0. The van der Waals surface area contributed by atoms with Crippen LogP contribution in [0.5, 0.6) is 0 Å². The Kier molecular flexibility index (Phi) is 0.760. The lowest BCUT2D eigenvalue weighted by molar-refractivity contribution is 0.243. The van der Waals surface area contributed by atoms with Gasteiger partial charge in [0.2, 0.25) is 0 Å². The fourth-order valence-corrected chi connectivity index (χ4v) is 0.724. The second kappa shape index (κ2) is 1.13. The molecule has 0 saturated carbocycles. The zero-order valence-corrected chi connectivity index (χ0v) is 4.80. The van der Waals surface area contributed by atoms with Crippen LogP contribution in [0, 0.1) is 0 Å². The van der Waals surface area contributed by atoms with E-state index in [1.54, 1.807) is 0 Å². The molecular weight excluding hydrogens is 134 g/mol. The van der Waals surface area contributed by atoms with Crippen LogP contribution in [-0.4, -0.2) is 25.2 Å². The SMILES string of the molecule is CS(=O)(=O)N1OC1=O. The zero-order valence-electron chi connectivity index (χ0n) is 3.99. The Morgan fingerprint density at radius 3 is 2.00 bits per heavy atom. The van der Waals surface area contributed by atoms with Crippen molar-refractivity contribution in [2.75, 3.05) is 6.26 Å². The normalized spacial score (nSPS) is 18.1. The van der Waals surface area contributed by atoms with Crippen molar-refractivity contribution in [3.63, 3.8) is 0 Å². The lowest BCUT2D eigenvalue weighted by Gasteiger charge is -1.82. The van der Waals surface area contributed by atoms with Crippen molar-refractivity contribution in [2.24, 2.45) is 0 Å². The smallest absolute Gasteiger partial charge is 0.297 e. The van der Waals surface area contributed by atoms with Gasteiger partial charge < -0.3 is 0 Å². The molecular formula is C2H3NO4S. The summed E-state index contributed by atoms with van der Waals surface area (Å²) in [5, 5.41) is 0. The maximum Gasteiger partial charge on any atom is 0.484 e. The van der Waals surface area contributed by atoms with Crippen molar-refractivity contribution in [3.05, 3.63) is 0 Å². The van der Waals surface area contributed by atoms with Crippen molar-refractivity contribution in [1.29, 1.82) is 0 Å². The van der Waals surface area contributed by atoms with Crippen molar-refractivity contribution in [3.8, 4) is 0 Å². The van der Waals surface area contributed by atoms with Gasteiger partial charge in [-0.25, -0.2) is 13.2 Å². The molecule has 1 rings (SSSR count). The number of amides is 1. The minimum atomic E-state index is -3.42. The van der Waals surface area contributed by atoms with Gasteiger partial charge in [0.15, 0.2) is 0 Å². The molecule has 8 heavy (non-hydrogen) atoms. The van der Waals surface area contributed by atoms with E-state index in [0.29, 0.717) is 4.47 Å². The average molecular weight is 137 g/mol. The van der Waals surface area contributed by atoms with Crippen LogP contribution in [0.15, 0.2) is 0 Å². The van der Waals surface area contributed by atoms with Crippen LogP contribution in [0.3, 0.4) is 0 Å². The first-order valence-corrected chi connectivity index (χ1v) is 3.59. The highest BCUT2D eigenvalue weighted by molar-refractivity contribution is 7.89. The van der Waals surface area contributed by atoms with E-state index in [1.165, 1.54) is 0 Å². The van der Waals surface area contributed by atoms with Crippen LogP contribution in [0.25, 0.3) is 0 Å². The van der Waals surface area contributed by atoms with Gasteiger partial charge >= 0.3 is 6.09 Å². The summed E-state index contributed by atoms with van der Waals surface area (Å²) in [6.07, 6.45) is 0.0743. The molecule has 5 nitrogen and oxygen atoms in total. The molecule has 0 aromatic carbocycles. The predicted molar refractivity (Wildman–Crippen MR) is 23.2 cm³/mol. The molecule has 0 atom stereocenters. The van der Waals surface area contributed by atoms with E-state index in [2.05, 4.69) is 4.84 Å². The van der Waals surface area contributed by atoms with E-state index in [4.69, 9.17) is 0 Å². The van der Waals surface area contributed by atoms with Crippen LogP contribution >= 0.6 is 0 Å². The zero-order chi connectivity index (χ0) is 6.36. The second-order valence-corrected chi connectivity index (χ2v) is 3.15. The minimum absolute atomic E-state index is 0.312. The van der Waals surface area contributed by atoms with E-state index in [-0.39, 0.29) is 0 Å². The van der Waals surface area contributed by atoms with Crippen LogP contribution in [0.1, 0.15) is 0 Å². The highest BCUT2D eigenvalue weighted by Gasteiger charge is 2.43. The summed E-state index contributed by atoms with van der Waals surface area (Å²) in [5.74, 6) is 0. The van der Waals surface area contributed by atoms with Crippen LogP contribution < -0.4 is 0 Å². The number of carbonyl (C=O) groups excluding carboxylic acids is 1. The summed E-state index contributed by atoms with van der Waals surface area (Å²) in [7, 11) is -3.42. The third-order valence-corrected chi connectivity index (χ3v) is 1.40. The summed E-state index contributed by atoms with van der Waals surface area (Å²) in [6, 6.07) is 0. The fourth-order valence-electron chi connectivity index (χ4n) is 0.254. The van der Waals surface area contributed by atoms with Gasteiger partial charge in [0, 0.05) is 0 Å². The third kappa shape index (κ3) is 0.738. The Labute approximate surface area is 45.8 Å². The van der Waals surface area contributed by atoms with Gasteiger partial charge in [-0.3, -0.25) is 4.84 Å². The number of nitrogens with zero attached hydrogens (tertiary/aromatic N) is 1. The molecule has 0 aromatic rings. The van der Waals surface area contributed by atoms with E-state index in [1.807, 2.05) is 0 Å². The molecule has 1 amide bonds. The number of rotatable bonds is 1. The average Bonchev–Trinajstić information content (AvgIpc) is 2.13. The molecule has 1 aliphatic heterocycles. The lowest BCUT2D eigenvalue weighted by Crippen LogP contribution is -2.08. The van der Waals surface area contributed by atoms with Crippen LogP contribution in [0.4, 0.5) is 4.79 Å². The van der Waals surface area contributed by atoms with Crippen molar-refractivity contribution >= 4 is 16.1 Å². The van der Waals surface area contributed by atoms with E-state index >= 15 is 0 Å². The molecule has 0 spiro atoms. The van der Waals surface area contributed by atoms with Crippen LogP contribution in [0.2, 0.25) is 0 Å². The lowest BCUT2D eigenvalue weighted by atomic mass is 11.4. The summed E-state index contributed by atoms with van der Waals surface area (Å²) in [4.78, 5) is 13.7. The molecule has 0 bridgehead atoms. The minimum Gasteiger partial charge on any atom is -0.297 e. The molecule has 46 valence electrons. The van der Waals surface area contributed by atoms with Gasteiger partial charge in [-0.1, -0.05) is 0 Å². The Morgan fingerprint density at radius 2 is 2.00 bits per heavy atom. The van der Waals surface area contributed by atoms with Gasteiger partial charge in [0.25, 0.3) is 10.0 Å². The molecule has 0 radical (unpaired) electrons. The molecule has 0 aromatic heterocycles. The van der Waals surface area contributed by atoms with Crippen molar-refractivity contribution in [2.45, 2.75) is 0 Å². The Balaban J connectivity index is 2.80. The molecule has 1 fully saturated rings. The molecule has 0 N–H and O–H groups in total. The number of hydrogen-bond acceptors (Lipinski definition) is 4. The standard InChI is InChI=1S/C2H3NO4S/c1-8(5,6)3-2(4)7-3/h1H3. The first-order valence-electron chi connectivity index (χ1n) is 1.74. The molecule has 0 unspecified atom stereocenters. The number of carbonyl (C=O) groups is 1. The summed E-state index contributed by atoms with van der Waals surface area (Å²) >= 11 is 0. The van der Waals surface area contributed by atoms with Crippen molar-refractivity contribution < 1.29 is 18.0 Å². The number of hydrogen-bond donors (Lipinski definition) is 0. The largest absolute Gasteiger partial charge is 0.484 e. The fraction of sp³-hybridized carbons (Fsp3) is 0.500. The van der Waals surface area contributed by atoms with Gasteiger partial charge in [0.05, 0.1) is 6.26 Å². The Hall–Kier alpha value is -0.780. The molecule has 0 aliphatic carbocycles. The number of hydroxylamine groups is 1. The predicted octanol–water partition coefficient (Wildman–Crippen LogP) is -0.687. The molecule has 6 heteroatoms. The quantitative estimate of drug-likeness (QED) is 0.449. The highest BCUT2D eigenvalue weighted by Crippen LogP contribution is 2.15. The molecule has 1 aliphatic rings. The summed E-state index contributed by atoms with van der Waals surface area (Å²) in [6.45, 7) is 0. The Bertz CT molecular complexity index is 216. The van der Waals surface area contributed by atoms with Gasteiger partial charge in [0.1, 0.15) is 0 Å². The maximum atomic E-state index is 10.2. The monoisotopic (exact) mass is 137 g/mol. The Morgan fingerprint density at radius 1 is 1.62 bits per heavy atom. The van der Waals surface area contributed by atoms with E-state index in [9.17, 15) is 13.2 Å². The second-order valence-electron chi connectivity index (χ2n) is 1.35. The molecule has 1 heterocycles. The summed E-state index contributed by atoms with van der Waals surface area (Å²) < 4.78 is 20.7. The van der Waals surface area contributed by atoms with Gasteiger partial charge in [-0.2, -0.15) is 0 Å². The van der Waals surface area contributed by atoms with Crippen molar-refractivity contribution in [1.82, 2.24) is 4.47 Å². The van der Waals surface area contributed by atoms with E-state index in [0.717, 1.165) is 6.26 Å². The van der Waals surface area contributed by atoms with Crippen LogP contribution in [-0.2, 0) is 14.9 Å². The maximum absolute atomic E-state index is 10.2. The van der Waals surface area contributed by atoms with Gasteiger partial charge in [-0.15, -0.1) is 0 Å². The molecule has 1 saturated heterocycles. The highest BCUT2D eigenvalue weighted by atomic mass is 32.2. The number of sulfonamides is 1. The topological polar surface area (TPSA) is 66.8 Å². The van der Waals surface area contributed by atoms with E-state index < -0.39 is 16.1 Å². The third-order valence-electron chi connectivity index (χ3n) is 0.579. The first-order chi connectivity index (χ1) is 3.52. The van der Waals surface area contributed by atoms with Gasteiger partial charge in [-0.05, 0) is 4.47 Å². The first kappa shape index (κ1) is 5.36.